The SMILES string of the molecule is Cc1cnc(CNC(=O)NCC(C)C(=O)O)cn1. The van der Waals surface area contributed by atoms with Gasteiger partial charge in [0.1, 0.15) is 0 Å². The maximum atomic E-state index is 11.3. The molecule has 0 aromatic carbocycles. The van der Waals surface area contributed by atoms with Gasteiger partial charge in [-0.3, -0.25) is 14.8 Å². The average Bonchev–Trinajstić information content (AvgIpc) is 2.35. The Labute approximate surface area is 105 Å². The van der Waals surface area contributed by atoms with Gasteiger partial charge in [0.25, 0.3) is 0 Å². The van der Waals surface area contributed by atoms with Gasteiger partial charge in [-0.25, -0.2) is 4.79 Å². The van der Waals surface area contributed by atoms with Crippen LogP contribution in [-0.2, 0) is 11.3 Å². The number of hydrogen-bond acceptors (Lipinski definition) is 4. The molecule has 0 fully saturated rings. The number of hydrogen-bond donors (Lipinski definition) is 3. The van der Waals surface area contributed by atoms with Crippen molar-refractivity contribution in [3.05, 3.63) is 23.8 Å². The molecular weight excluding hydrogens is 236 g/mol. The number of aromatic nitrogens is 2. The minimum atomic E-state index is -0.945. The molecule has 0 aliphatic rings. The smallest absolute Gasteiger partial charge is 0.315 e. The zero-order chi connectivity index (χ0) is 13.5. The van der Waals surface area contributed by atoms with Crippen LogP contribution in [0.3, 0.4) is 0 Å². The van der Waals surface area contributed by atoms with Crippen molar-refractivity contribution in [3.8, 4) is 0 Å². The fraction of sp³-hybridized carbons (Fsp3) is 0.455. The maximum absolute atomic E-state index is 11.3. The van der Waals surface area contributed by atoms with E-state index < -0.39 is 17.9 Å². The van der Waals surface area contributed by atoms with E-state index in [0.29, 0.717) is 5.69 Å². The molecule has 0 aliphatic heterocycles. The molecule has 1 aromatic rings. The molecule has 98 valence electrons. The van der Waals surface area contributed by atoms with Gasteiger partial charge < -0.3 is 15.7 Å². The van der Waals surface area contributed by atoms with Gasteiger partial charge in [0.15, 0.2) is 0 Å². The molecule has 18 heavy (non-hydrogen) atoms. The highest BCUT2D eigenvalue weighted by atomic mass is 16.4. The number of rotatable bonds is 5. The molecule has 0 saturated heterocycles. The Balaban J connectivity index is 2.29. The van der Waals surface area contributed by atoms with Crippen LogP contribution in [0.2, 0.25) is 0 Å². The van der Waals surface area contributed by atoms with E-state index in [1.807, 2.05) is 6.92 Å². The van der Waals surface area contributed by atoms with Crippen molar-refractivity contribution in [1.29, 1.82) is 0 Å². The van der Waals surface area contributed by atoms with Gasteiger partial charge in [0, 0.05) is 12.7 Å². The number of aryl methyl sites for hydroxylation is 1. The van der Waals surface area contributed by atoms with Crippen molar-refractivity contribution >= 4 is 12.0 Å². The zero-order valence-corrected chi connectivity index (χ0v) is 10.3. The van der Waals surface area contributed by atoms with Crippen LogP contribution in [-0.4, -0.2) is 33.6 Å². The maximum Gasteiger partial charge on any atom is 0.315 e. The quantitative estimate of drug-likeness (QED) is 0.699. The predicted molar refractivity (Wildman–Crippen MR) is 63.8 cm³/mol. The van der Waals surface area contributed by atoms with E-state index >= 15 is 0 Å². The number of nitrogens with one attached hydrogen (secondary N) is 2. The van der Waals surface area contributed by atoms with Gasteiger partial charge in [-0.05, 0) is 6.92 Å². The van der Waals surface area contributed by atoms with Crippen LogP contribution in [0.15, 0.2) is 12.4 Å². The predicted octanol–water partition coefficient (Wildman–Crippen LogP) is 0.305. The summed E-state index contributed by atoms with van der Waals surface area (Å²) in [5.74, 6) is -1.56. The molecular formula is C11H16N4O3. The summed E-state index contributed by atoms with van der Waals surface area (Å²) in [6.07, 6.45) is 3.19. The molecule has 0 bridgehead atoms. The minimum absolute atomic E-state index is 0.0841. The van der Waals surface area contributed by atoms with Gasteiger partial charge in [-0.15, -0.1) is 0 Å². The summed E-state index contributed by atoms with van der Waals surface area (Å²) in [6.45, 7) is 3.68. The molecule has 1 unspecified atom stereocenters. The molecule has 0 spiro atoms. The first kappa shape index (κ1) is 13.9. The van der Waals surface area contributed by atoms with Crippen molar-refractivity contribution in [2.24, 2.45) is 5.92 Å². The highest BCUT2D eigenvalue weighted by Gasteiger charge is 2.11. The highest BCUT2D eigenvalue weighted by Crippen LogP contribution is 1.94. The summed E-state index contributed by atoms with van der Waals surface area (Å²) in [5, 5.41) is 13.7. The Morgan fingerprint density at radius 2 is 2.06 bits per heavy atom. The van der Waals surface area contributed by atoms with E-state index in [9.17, 15) is 9.59 Å². The van der Waals surface area contributed by atoms with Gasteiger partial charge >= 0.3 is 12.0 Å². The third kappa shape index (κ3) is 4.77. The van der Waals surface area contributed by atoms with E-state index in [1.165, 1.54) is 6.92 Å². The molecule has 0 saturated carbocycles. The number of carboxylic acid groups (broad SMARTS) is 1. The number of nitrogens with zero attached hydrogens (tertiary/aromatic N) is 2. The molecule has 1 heterocycles. The summed E-state index contributed by atoms with van der Waals surface area (Å²) < 4.78 is 0. The summed E-state index contributed by atoms with van der Waals surface area (Å²) in [4.78, 5) is 30.0. The summed E-state index contributed by atoms with van der Waals surface area (Å²) in [7, 11) is 0. The van der Waals surface area contributed by atoms with Crippen LogP contribution < -0.4 is 10.6 Å². The van der Waals surface area contributed by atoms with Crippen molar-refractivity contribution in [2.75, 3.05) is 6.54 Å². The third-order valence-electron chi connectivity index (χ3n) is 2.25. The lowest BCUT2D eigenvalue weighted by atomic mass is 10.2. The number of amides is 2. The second-order valence-corrected chi connectivity index (χ2v) is 3.95. The van der Waals surface area contributed by atoms with Gasteiger partial charge in [0.2, 0.25) is 0 Å². The Morgan fingerprint density at radius 1 is 1.33 bits per heavy atom. The second-order valence-electron chi connectivity index (χ2n) is 3.95. The molecule has 3 N–H and O–H groups in total. The van der Waals surface area contributed by atoms with Gasteiger partial charge in [-0.2, -0.15) is 0 Å². The number of carboxylic acids is 1. The molecule has 1 aromatic heterocycles. The number of aliphatic carboxylic acids is 1. The lowest BCUT2D eigenvalue weighted by Gasteiger charge is -2.09. The summed E-state index contributed by atoms with van der Waals surface area (Å²) in [6, 6.07) is -0.425. The van der Waals surface area contributed by atoms with E-state index in [0.717, 1.165) is 5.69 Å². The Morgan fingerprint density at radius 3 is 2.61 bits per heavy atom. The Hall–Kier alpha value is -2.18. The van der Waals surface area contributed by atoms with E-state index in [1.54, 1.807) is 12.4 Å². The second kappa shape index (κ2) is 6.53. The summed E-state index contributed by atoms with van der Waals surface area (Å²) >= 11 is 0. The van der Waals surface area contributed by atoms with Crippen LogP contribution in [0.5, 0.6) is 0 Å². The van der Waals surface area contributed by atoms with Crippen LogP contribution in [0.4, 0.5) is 4.79 Å². The Kier molecular flexibility index (Phi) is 5.04. The Bertz CT molecular complexity index is 419. The first-order valence-corrected chi connectivity index (χ1v) is 5.51. The van der Waals surface area contributed by atoms with Gasteiger partial charge in [0.05, 0.1) is 30.0 Å². The van der Waals surface area contributed by atoms with Crippen LogP contribution in [0.25, 0.3) is 0 Å². The van der Waals surface area contributed by atoms with E-state index in [2.05, 4.69) is 20.6 Å². The van der Waals surface area contributed by atoms with Crippen molar-refractivity contribution < 1.29 is 14.7 Å². The number of carbonyl (C=O) groups is 2. The molecule has 1 atom stereocenters. The zero-order valence-electron chi connectivity index (χ0n) is 10.3. The normalized spacial score (nSPS) is 11.7. The van der Waals surface area contributed by atoms with E-state index in [-0.39, 0.29) is 13.1 Å². The van der Waals surface area contributed by atoms with Crippen molar-refractivity contribution in [3.63, 3.8) is 0 Å². The first-order valence-electron chi connectivity index (χ1n) is 5.51. The van der Waals surface area contributed by atoms with Crippen LogP contribution >= 0.6 is 0 Å². The topological polar surface area (TPSA) is 104 Å². The van der Waals surface area contributed by atoms with Gasteiger partial charge in [-0.1, -0.05) is 6.92 Å². The lowest BCUT2D eigenvalue weighted by molar-refractivity contribution is -0.140. The molecule has 2 amide bonds. The fourth-order valence-electron chi connectivity index (χ4n) is 1.08. The highest BCUT2D eigenvalue weighted by molar-refractivity contribution is 5.75. The average molecular weight is 252 g/mol. The number of carbonyl (C=O) groups excluding carboxylic acids is 1. The fourth-order valence-corrected chi connectivity index (χ4v) is 1.08. The third-order valence-corrected chi connectivity index (χ3v) is 2.25. The molecule has 7 heteroatoms. The van der Waals surface area contributed by atoms with E-state index in [4.69, 9.17) is 5.11 Å². The standard InChI is InChI=1S/C11H16N4O3/c1-7(10(16)17)3-14-11(18)15-6-9-5-12-8(2)4-13-9/h4-5,7H,3,6H2,1-2H3,(H,16,17)(H2,14,15,18). The van der Waals surface area contributed by atoms with Crippen molar-refractivity contribution in [2.45, 2.75) is 20.4 Å². The van der Waals surface area contributed by atoms with Crippen LogP contribution in [0.1, 0.15) is 18.3 Å². The lowest BCUT2D eigenvalue weighted by Crippen LogP contribution is -2.39. The number of urea groups is 1. The first-order chi connectivity index (χ1) is 8.49. The molecule has 1 rings (SSSR count). The monoisotopic (exact) mass is 252 g/mol. The molecule has 0 radical (unpaired) electrons. The summed E-state index contributed by atoms with van der Waals surface area (Å²) in [5.41, 5.74) is 1.44. The molecule has 0 aliphatic carbocycles. The minimum Gasteiger partial charge on any atom is -0.481 e. The van der Waals surface area contributed by atoms with Crippen LogP contribution in [0, 0.1) is 12.8 Å². The molecule has 7 nitrogen and oxygen atoms in total. The largest absolute Gasteiger partial charge is 0.481 e. The van der Waals surface area contributed by atoms with Crippen molar-refractivity contribution in [1.82, 2.24) is 20.6 Å².